The van der Waals surface area contributed by atoms with E-state index in [2.05, 4.69) is 23.2 Å². The van der Waals surface area contributed by atoms with Crippen LogP contribution in [0.3, 0.4) is 0 Å². The molecule has 0 saturated carbocycles. The van der Waals surface area contributed by atoms with E-state index in [0.717, 1.165) is 37.9 Å². The number of carbonyl (C=O) groups is 1. The Morgan fingerprint density at radius 1 is 1.30 bits per heavy atom. The van der Waals surface area contributed by atoms with Crippen LogP contribution in [-0.2, 0) is 11.2 Å². The molecule has 3 rings (SSSR count). The number of amides is 1. The molecule has 0 bridgehead atoms. The van der Waals surface area contributed by atoms with E-state index in [-0.39, 0.29) is 5.91 Å². The highest BCUT2D eigenvalue weighted by molar-refractivity contribution is 5.78. The highest BCUT2D eigenvalue weighted by Crippen LogP contribution is 2.23. The largest absolute Gasteiger partial charge is 0.343 e. The Balaban J connectivity index is 1.66. The van der Waals surface area contributed by atoms with Crippen molar-refractivity contribution in [2.45, 2.75) is 26.2 Å². The topological polar surface area (TPSA) is 33.2 Å². The zero-order valence-electron chi connectivity index (χ0n) is 11.9. The fraction of sp³-hybridized carbons (Fsp3) is 0.412. The van der Waals surface area contributed by atoms with Gasteiger partial charge in [-0.1, -0.05) is 18.2 Å². The Morgan fingerprint density at radius 2 is 2.05 bits per heavy atom. The van der Waals surface area contributed by atoms with Gasteiger partial charge in [-0.25, -0.2) is 0 Å². The van der Waals surface area contributed by atoms with Crippen LogP contribution in [0, 0.1) is 5.92 Å². The van der Waals surface area contributed by atoms with Crippen LogP contribution < -0.4 is 0 Å². The van der Waals surface area contributed by atoms with Gasteiger partial charge in [-0.2, -0.15) is 0 Å². The summed E-state index contributed by atoms with van der Waals surface area (Å²) in [6.45, 7) is 3.47. The van der Waals surface area contributed by atoms with Gasteiger partial charge in [-0.05, 0) is 42.9 Å². The maximum atomic E-state index is 11.3. The molecule has 0 radical (unpaired) electrons. The van der Waals surface area contributed by atoms with Crippen molar-refractivity contribution in [3.05, 3.63) is 42.1 Å². The van der Waals surface area contributed by atoms with Crippen molar-refractivity contribution in [3.63, 3.8) is 0 Å². The summed E-state index contributed by atoms with van der Waals surface area (Å²) in [4.78, 5) is 17.8. The number of para-hydroxylation sites is 1. The molecule has 0 aliphatic carbocycles. The Bertz CT molecular complexity index is 615. The molecule has 1 fully saturated rings. The van der Waals surface area contributed by atoms with Crippen LogP contribution in [0.15, 0.2) is 36.5 Å². The standard InChI is InChI=1S/C17H20N2O/c1-13(20)19-8-6-14(7-9-19)10-15-11-16-4-2-3-5-17(16)18-12-15/h2-5,11-12,14H,6-10H2,1H3. The molecular formula is C17H20N2O. The minimum atomic E-state index is 0.204. The van der Waals surface area contributed by atoms with Gasteiger partial charge in [0.05, 0.1) is 5.52 Å². The van der Waals surface area contributed by atoms with Crippen molar-refractivity contribution in [2.24, 2.45) is 5.92 Å². The lowest BCUT2D eigenvalue weighted by atomic mass is 9.90. The molecular weight excluding hydrogens is 248 g/mol. The predicted octanol–water partition coefficient (Wildman–Crippen LogP) is 3.04. The third-order valence-electron chi connectivity index (χ3n) is 4.23. The molecule has 0 N–H and O–H groups in total. The summed E-state index contributed by atoms with van der Waals surface area (Å²) in [7, 11) is 0. The lowest BCUT2D eigenvalue weighted by Gasteiger charge is -2.31. The minimum absolute atomic E-state index is 0.204. The third kappa shape index (κ3) is 2.82. The first-order chi connectivity index (χ1) is 9.72. The van der Waals surface area contributed by atoms with Crippen molar-refractivity contribution < 1.29 is 4.79 Å². The summed E-state index contributed by atoms with van der Waals surface area (Å²) < 4.78 is 0. The number of nitrogens with zero attached hydrogens (tertiary/aromatic N) is 2. The number of likely N-dealkylation sites (tertiary alicyclic amines) is 1. The number of piperidine rings is 1. The summed E-state index contributed by atoms with van der Waals surface area (Å²) in [5, 5.41) is 1.21. The monoisotopic (exact) mass is 268 g/mol. The highest BCUT2D eigenvalue weighted by Gasteiger charge is 2.20. The Kier molecular flexibility index (Phi) is 3.68. The van der Waals surface area contributed by atoms with E-state index >= 15 is 0 Å². The molecule has 1 aliphatic heterocycles. The van der Waals surface area contributed by atoms with Crippen LogP contribution in [0.4, 0.5) is 0 Å². The lowest BCUT2D eigenvalue weighted by molar-refractivity contribution is -0.130. The summed E-state index contributed by atoms with van der Waals surface area (Å²) >= 11 is 0. The quantitative estimate of drug-likeness (QED) is 0.838. The fourth-order valence-corrected chi connectivity index (χ4v) is 3.01. The van der Waals surface area contributed by atoms with Crippen molar-refractivity contribution >= 4 is 16.8 Å². The molecule has 2 aromatic rings. The van der Waals surface area contributed by atoms with Crippen LogP contribution in [0.2, 0.25) is 0 Å². The fourth-order valence-electron chi connectivity index (χ4n) is 3.01. The number of fused-ring (bicyclic) bond motifs is 1. The molecule has 20 heavy (non-hydrogen) atoms. The number of hydrogen-bond donors (Lipinski definition) is 0. The number of aromatic nitrogens is 1. The molecule has 1 aromatic carbocycles. The van der Waals surface area contributed by atoms with Gasteiger partial charge in [0.1, 0.15) is 0 Å². The molecule has 3 nitrogen and oxygen atoms in total. The van der Waals surface area contributed by atoms with Gasteiger partial charge in [0.2, 0.25) is 5.91 Å². The zero-order chi connectivity index (χ0) is 13.9. The second-order valence-electron chi connectivity index (χ2n) is 5.69. The van der Waals surface area contributed by atoms with Crippen LogP contribution >= 0.6 is 0 Å². The van der Waals surface area contributed by atoms with Crippen molar-refractivity contribution in [1.82, 2.24) is 9.88 Å². The first-order valence-electron chi connectivity index (χ1n) is 7.31. The first-order valence-corrected chi connectivity index (χ1v) is 7.31. The maximum Gasteiger partial charge on any atom is 0.219 e. The van der Waals surface area contributed by atoms with Crippen LogP contribution in [-0.4, -0.2) is 28.9 Å². The summed E-state index contributed by atoms with van der Waals surface area (Å²) in [6.07, 6.45) is 5.28. The molecule has 1 saturated heterocycles. The van der Waals surface area contributed by atoms with E-state index < -0.39 is 0 Å². The molecule has 1 aromatic heterocycles. The smallest absolute Gasteiger partial charge is 0.219 e. The SMILES string of the molecule is CC(=O)N1CCC(Cc2cnc3ccccc3c2)CC1. The van der Waals surface area contributed by atoms with Gasteiger partial charge < -0.3 is 4.90 Å². The van der Waals surface area contributed by atoms with E-state index in [1.54, 1.807) is 6.92 Å². The van der Waals surface area contributed by atoms with E-state index in [1.165, 1.54) is 10.9 Å². The highest BCUT2D eigenvalue weighted by atomic mass is 16.2. The average Bonchev–Trinajstić information content (AvgIpc) is 2.48. The summed E-state index contributed by atoms with van der Waals surface area (Å²) in [6, 6.07) is 10.5. The Labute approximate surface area is 119 Å². The van der Waals surface area contributed by atoms with Gasteiger partial charge in [0.25, 0.3) is 0 Å². The van der Waals surface area contributed by atoms with E-state index in [4.69, 9.17) is 0 Å². The van der Waals surface area contributed by atoms with E-state index in [1.807, 2.05) is 23.2 Å². The van der Waals surface area contributed by atoms with Gasteiger partial charge in [0.15, 0.2) is 0 Å². The van der Waals surface area contributed by atoms with Crippen LogP contribution in [0.5, 0.6) is 0 Å². The van der Waals surface area contributed by atoms with Crippen molar-refractivity contribution in [2.75, 3.05) is 13.1 Å². The predicted molar refractivity (Wildman–Crippen MR) is 80.4 cm³/mol. The average molecular weight is 268 g/mol. The van der Waals surface area contributed by atoms with Gasteiger partial charge >= 0.3 is 0 Å². The number of rotatable bonds is 2. The normalized spacial score (nSPS) is 16.6. The summed E-state index contributed by atoms with van der Waals surface area (Å²) in [5.41, 5.74) is 2.37. The second kappa shape index (κ2) is 5.61. The maximum absolute atomic E-state index is 11.3. The lowest BCUT2D eigenvalue weighted by Crippen LogP contribution is -2.37. The summed E-state index contributed by atoms with van der Waals surface area (Å²) in [5.74, 6) is 0.879. The molecule has 1 amide bonds. The molecule has 1 aliphatic rings. The van der Waals surface area contributed by atoms with Gasteiger partial charge in [-0.15, -0.1) is 0 Å². The third-order valence-corrected chi connectivity index (χ3v) is 4.23. The molecule has 0 atom stereocenters. The van der Waals surface area contributed by atoms with Crippen molar-refractivity contribution in [1.29, 1.82) is 0 Å². The molecule has 104 valence electrons. The molecule has 0 unspecified atom stereocenters. The number of pyridine rings is 1. The van der Waals surface area contributed by atoms with Crippen molar-refractivity contribution in [3.8, 4) is 0 Å². The second-order valence-corrected chi connectivity index (χ2v) is 5.69. The Hall–Kier alpha value is -1.90. The van der Waals surface area contributed by atoms with E-state index in [0.29, 0.717) is 5.92 Å². The number of carbonyl (C=O) groups excluding carboxylic acids is 1. The number of benzene rings is 1. The first kappa shape index (κ1) is 13.1. The molecule has 0 spiro atoms. The minimum Gasteiger partial charge on any atom is -0.343 e. The van der Waals surface area contributed by atoms with Gasteiger partial charge in [-0.3, -0.25) is 9.78 Å². The van der Waals surface area contributed by atoms with Crippen LogP contribution in [0.1, 0.15) is 25.3 Å². The Morgan fingerprint density at radius 3 is 2.80 bits per heavy atom. The van der Waals surface area contributed by atoms with E-state index in [9.17, 15) is 4.79 Å². The number of hydrogen-bond acceptors (Lipinski definition) is 2. The van der Waals surface area contributed by atoms with Gasteiger partial charge in [0, 0.05) is 31.6 Å². The zero-order valence-corrected chi connectivity index (χ0v) is 11.9. The molecule has 2 heterocycles. The van der Waals surface area contributed by atoms with Crippen LogP contribution in [0.25, 0.3) is 10.9 Å². The molecule has 3 heteroatoms.